The largest absolute Gasteiger partial charge is 0.310 e. The lowest BCUT2D eigenvalue weighted by atomic mass is 9.69. The predicted octanol–water partition coefficient (Wildman–Crippen LogP) is 15.6. The maximum absolute atomic E-state index is 2.47. The number of hydrogen-bond donors (Lipinski definition) is 0. The van der Waals surface area contributed by atoms with Crippen molar-refractivity contribution >= 4 is 27.8 Å². The fourth-order valence-corrected chi connectivity index (χ4v) is 10.3. The Hall–Kier alpha value is -6.18. The van der Waals surface area contributed by atoms with E-state index in [9.17, 15) is 0 Å². The molecule has 0 aliphatic heterocycles. The van der Waals surface area contributed by atoms with Gasteiger partial charge in [0.25, 0.3) is 0 Å². The summed E-state index contributed by atoms with van der Waals surface area (Å²) in [5, 5.41) is 2.54. The maximum Gasteiger partial charge on any atom is 0.0465 e. The van der Waals surface area contributed by atoms with Crippen molar-refractivity contribution < 1.29 is 0 Å². The molecule has 8 aromatic carbocycles. The summed E-state index contributed by atoms with van der Waals surface area (Å²) in [7, 11) is 0. The van der Waals surface area contributed by atoms with Gasteiger partial charge < -0.3 is 4.90 Å². The number of fused-ring (bicyclic) bond motifs is 4. The Balaban J connectivity index is 1.10. The molecule has 1 heteroatoms. The standard InChI is InChI=1S/C56H49N/c1-55(2)52-26-16-25-50(41-17-7-5-8-18-41)54(52)51-36-35-47(39-53(51)55)57(45-31-27-42(28-32-45)49-24-15-20-40-19-11-12-23-48(40)49)46-33-29-44(30-34-46)56(37-13-3-4-14-38-56)43-21-9-6-10-22-43/h5-12,15-36,39H,3-4,13-14,37-38H2,1-2H3. The molecule has 0 atom stereocenters. The van der Waals surface area contributed by atoms with E-state index in [4.69, 9.17) is 0 Å². The van der Waals surface area contributed by atoms with Gasteiger partial charge in [-0.2, -0.15) is 0 Å². The first-order valence-corrected chi connectivity index (χ1v) is 20.9. The molecule has 1 nitrogen and oxygen atoms in total. The first-order chi connectivity index (χ1) is 28.0. The van der Waals surface area contributed by atoms with Crippen LogP contribution in [0.5, 0.6) is 0 Å². The van der Waals surface area contributed by atoms with Crippen molar-refractivity contribution in [2.45, 2.75) is 63.2 Å². The molecule has 1 fully saturated rings. The van der Waals surface area contributed by atoms with E-state index in [2.05, 4.69) is 207 Å². The number of hydrogen-bond acceptors (Lipinski definition) is 1. The molecule has 2 aliphatic rings. The maximum atomic E-state index is 2.47. The zero-order valence-electron chi connectivity index (χ0n) is 33.1. The molecule has 2 aliphatic carbocycles. The fourth-order valence-electron chi connectivity index (χ4n) is 10.3. The zero-order valence-corrected chi connectivity index (χ0v) is 33.1. The van der Waals surface area contributed by atoms with Crippen LogP contribution in [0, 0.1) is 0 Å². The lowest BCUT2D eigenvalue weighted by Gasteiger charge is -2.35. The first-order valence-electron chi connectivity index (χ1n) is 20.9. The molecule has 0 N–H and O–H groups in total. The predicted molar refractivity (Wildman–Crippen MR) is 242 cm³/mol. The van der Waals surface area contributed by atoms with Gasteiger partial charge in [-0.25, -0.2) is 0 Å². The van der Waals surface area contributed by atoms with E-state index in [1.165, 1.54) is 116 Å². The fraction of sp³-hybridized carbons (Fsp3) is 0.179. The van der Waals surface area contributed by atoms with Crippen molar-refractivity contribution in [3.05, 3.63) is 210 Å². The topological polar surface area (TPSA) is 3.24 Å². The van der Waals surface area contributed by atoms with Gasteiger partial charge in [-0.1, -0.05) is 191 Å². The third-order valence-corrected chi connectivity index (χ3v) is 13.2. The SMILES string of the molecule is CC1(C)c2cc(N(c3ccc(-c4cccc5ccccc45)cc3)c3ccc(C4(c5ccccc5)CCCCCC4)cc3)ccc2-c2c(-c3ccccc3)cccc21. The van der Waals surface area contributed by atoms with Crippen molar-refractivity contribution in [2.75, 3.05) is 4.90 Å². The third kappa shape index (κ3) is 6.09. The average molecular weight is 736 g/mol. The van der Waals surface area contributed by atoms with Crippen LogP contribution in [0.4, 0.5) is 17.1 Å². The summed E-state index contributed by atoms with van der Waals surface area (Å²) >= 11 is 0. The smallest absolute Gasteiger partial charge is 0.0465 e. The van der Waals surface area contributed by atoms with Crippen molar-refractivity contribution in [1.29, 1.82) is 0 Å². The Morgan fingerprint density at radius 2 is 0.965 bits per heavy atom. The highest BCUT2D eigenvalue weighted by molar-refractivity contribution is 5.97. The van der Waals surface area contributed by atoms with Crippen LogP contribution in [0.2, 0.25) is 0 Å². The van der Waals surface area contributed by atoms with Gasteiger partial charge in [0.05, 0.1) is 0 Å². The van der Waals surface area contributed by atoms with Crippen LogP contribution in [-0.4, -0.2) is 0 Å². The van der Waals surface area contributed by atoms with E-state index in [1.807, 2.05) is 0 Å². The minimum atomic E-state index is -0.152. The van der Waals surface area contributed by atoms with E-state index in [0.29, 0.717) is 0 Å². The third-order valence-electron chi connectivity index (χ3n) is 13.2. The second-order valence-electron chi connectivity index (χ2n) is 16.8. The molecule has 0 unspecified atom stereocenters. The first kappa shape index (κ1) is 35.2. The Morgan fingerprint density at radius 1 is 0.404 bits per heavy atom. The lowest BCUT2D eigenvalue weighted by Crippen LogP contribution is -2.27. The van der Waals surface area contributed by atoms with E-state index < -0.39 is 0 Å². The number of anilines is 3. The minimum absolute atomic E-state index is 0.0427. The highest BCUT2D eigenvalue weighted by Crippen LogP contribution is 2.54. The molecular weight excluding hydrogens is 687 g/mol. The van der Waals surface area contributed by atoms with E-state index in [0.717, 1.165) is 5.69 Å². The summed E-state index contributed by atoms with van der Waals surface area (Å²) in [6.07, 6.45) is 7.57. The van der Waals surface area contributed by atoms with Crippen molar-refractivity contribution in [2.24, 2.45) is 0 Å². The molecule has 0 spiro atoms. The number of rotatable bonds is 7. The van der Waals surface area contributed by atoms with Gasteiger partial charge in [0.15, 0.2) is 0 Å². The monoisotopic (exact) mass is 735 g/mol. The quantitative estimate of drug-likeness (QED) is 0.147. The number of nitrogens with zero attached hydrogens (tertiary/aromatic N) is 1. The normalized spacial score (nSPS) is 15.4. The van der Waals surface area contributed by atoms with Crippen LogP contribution in [0.1, 0.15) is 74.6 Å². The molecule has 57 heavy (non-hydrogen) atoms. The van der Waals surface area contributed by atoms with Crippen LogP contribution in [0.15, 0.2) is 188 Å². The summed E-state index contributed by atoms with van der Waals surface area (Å²) in [6.45, 7) is 4.79. The van der Waals surface area contributed by atoms with Crippen LogP contribution in [-0.2, 0) is 10.8 Å². The second-order valence-corrected chi connectivity index (χ2v) is 16.8. The molecule has 0 heterocycles. The van der Waals surface area contributed by atoms with Gasteiger partial charge >= 0.3 is 0 Å². The molecule has 0 aromatic heterocycles. The molecule has 0 amide bonds. The summed E-state index contributed by atoms with van der Waals surface area (Å²) in [5.41, 5.74) is 16.8. The minimum Gasteiger partial charge on any atom is -0.310 e. The van der Waals surface area contributed by atoms with E-state index >= 15 is 0 Å². The summed E-state index contributed by atoms with van der Waals surface area (Å²) in [6, 6.07) is 70.4. The zero-order chi connectivity index (χ0) is 38.4. The lowest BCUT2D eigenvalue weighted by molar-refractivity contribution is 0.446. The molecule has 10 rings (SSSR count). The molecule has 8 aromatic rings. The Bertz CT molecular complexity index is 2670. The van der Waals surface area contributed by atoms with Crippen LogP contribution >= 0.6 is 0 Å². The van der Waals surface area contributed by atoms with Crippen molar-refractivity contribution in [3.63, 3.8) is 0 Å². The van der Waals surface area contributed by atoms with Gasteiger partial charge in [-0.15, -0.1) is 0 Å². The molecule has 278 valence electrons. The van der Waals surface area contributed by atoms with E-state index in [-0.39, 0.29) is 10.8 Å². The van der Waals surface area contributed by atoms with Crippen molar-refractivity contribution in [3.8, 4) is 33.4 Å². The summed E-state index contributed by atoms with van der Waals surface area (Å²) in [4.78, 5) is 2.47. The average Bonchev–Trinajstić information content (AvgIpc) is 3.39. The van der Waals surface area contributed by atoms with Gasteiger partial charge in [-0.3, -0.25) is 0 Å². The van der Waals surface area contributed by atoms with Crippen LogP contribution in [0.3, 0.4) is 0 Å². The Morgan fingerprint density at radius 3 is 1.70 bits per heavy atom. The molecule has 0 saturated heterocycles. The number of benzene rings is 8. The van der Waals surface area contributed by atoms with E-state index in [1.54, 1.807) is 0 Å². The van der Waals surface area contributed by atoms with Crippen LogP contribution in [0.25, 0.3) is 44.2 Å². The molecule has 0 radical (unpaired) electrons. The van der Waals surface area contributed by atoms with Gasteiger partial charge in [-0.05, 0) is 116 Å². The van der Waals surface area contributed by atoms with Gasteiger partial charge in [0, 0.05) is 27.9 Å². The van der Waals surface area contributed by atoms with Crippen LogP contribution < -0.4 is 4.90 Å². The molecule has 1 saturated carbocycles. The molecular formula is C56H49N. The Labute approximate surface area is 338 Å². The Kier molecular flexibility index (Phi) is 8.90. The highest BCUT2D eigenvalue weighted by atomic mass is 15.1. The van der Waals surface area contributed by atoms with Gasteiger partial charge in [0.2, 0.25) is 0 Å². The van der Waals surface area contributed by atoms with Crippen molar-refractivity contribution in [1.82, 2.24) is 0 Å². The summed E-state index contributed by atoms with van der Waals surface area (Å²) in [5.74, 6) is 0. The highest BCUT2D eigenvalue weighted by Gasteiger charge is 2.38. The second kappa shape index (κ2) is 14.4. The van der Waals surface area contributed by atoms with Gasteiger partial charge in [0.1, 0.15) is 0 Å². The molecule has 0 bridgehead atoms. The summed E-state index contributed by atoms with van der Waals surface area (Å²) < 4.78 is 0.